The maximum absolute atomic E-state index is 3.84. The SMILES string of the molecule is CCC(C)C(C)NC1CCC(c2ccccc2)CC1. The molecule has 0 radical (unpaired) electrons. The molecule has 0 amide bonds. The maximum Gasteiger partial charge on any atom is 0.00700 e. The summed E-state index contributed by atoms with van der Waals surface area (Å²) in [6, 6.07) is 12.4. The molecule has 1 N–H and O–H groups in total. The van der Waals surface area contributed by atoms with Crippen LogP contribution in [0.5, 0.6) is 0 Å². The average Bonchev–Trinajstić information content (AvgIpc) is 2.48. The topological polar surface area (TPSA) is 12.0 Å². The van der Waals surface area contributed by atoms with Crippen LogP contribution in [-0.4, -0.2) is 12.1 Å². The van der Waals surface area contributed by atoms with Gasteiger partial charge in [0, 0.05) is 12.1 Å². The molecule has 106 valence electrons. The van der Waals surface area contributed by atoms with Crippen molar-refractivity contribution in [1.82, 2.24) is 5.32 Å². The molecule has 1 aliphatic rings. The zero-order valence-electron chi connectivity index (χ0n) is 12.7. The van der Waals surface area contributed by atoms with Crippen LogP contribution in [0.25, 0.3) is 0 Å². The van der Waals surface area contributed by atoms with Gasteiger partial charge in [-0.3, -0.25) is 0 Å². The van der Waals surface area contributed by atoms with Crippen molar-refractivity contribution in [3.63, 3.8) is 0 Å². The van der Waals surface area contributed by atoms with Crippen molar-refractivity contribution in [2.45, 2.75) is 70.9 Å². The molecule has 1 nitrogen and oxygen atoms in total. The van der Waals surface area contributed by atoms with E-state index < -0.39 is 0 Å². The van der Waals surface area contributed by atoms with Gasteiger partial charge in [0.2, 0.25) is 0 Å². The zero-order valence-corrected chi connectivity index (χ0v) is 12.7. The summed E-state index contributed by atoms with van der Waals surface area (Å²) >= 11 is 0. The van der Waals surface area contributed by atoms with E-state index >= 15 is 0 Å². The fourth-order valence-electron chi connectivity index (χ4n) is 3.21. The summed E-state index contributed by atoms with van der Waals surface area (Å²) in [5.74, 6) is 1.57. The summed E-state index contributed by atoms with van der Waals surface area (Å²) in [5, 5.41) is 3.84. The molecule has 19 heavy (non-hydrogen) atoms. The smallest absolute Gasteiger partial charge is 0.00700 e. The number of hydrogen-bond acceptors (Lipinski definition) is 1. The van der Waals surface area contributed by atoms with Crippen molar-refractivity contribution in [2.75, 3.05) is 0 Å². The quantitative estimate of drug-likeness (QED) is 0.805. The highest BCUT2D eigenvalue weighted by Gasteiger charge is 2.23. The highest BCUT2D eigenvalue weighted by Crippen LogP contribution is 2.33. The van der Waals surface area contributed by atoms with Crippen molar-refractivity contribution in [2.24, 2.45) is 5.92 Å². The maximum atomic E-state index is 3.84. The van der Waals surface area contributed by atoms with Crippen LogP contribution in [0.1, 0.15) is 64.4 Å². The van der Waals surface area contributed by atoms with Gasteiger partial charge in [0.25, 0.3) is 0 Å². The Kier molecular flexibility index (Phi) is 5.45. The van der Waals surface area contributed by atoms with Crippen LogP contribution < -0.4 is 5.32 Å². The van der Waals surface area contributed by atoms with Crippen LogP contribution in [0.4, 0.5) is 0 Å². The fourth-order valence-corrected chi connectivity index (χ4v) is 3.21. The number of rotatable bonds is 5. The summed E-state index contributed by atoms with van der Waals surface area (Å²) in [6.07, 6.45) is 6.62. The van der Waals surface area contributed by atoms with E-state index in [-0.39, 0.29) is 0 Å². The molecule has 1 heteroatoms. The third-order valence-electron chi connectivity index (χ3n) is 4.99. The second kappa shape index (κ2) is 7.09. The van der Waals surface area contributed by atoms with Crippen LogP contribution in [0.3, 0.4) is 0 Å². The predicted octanol–water partition coefficient (Wildman–Crippen LogP) is 4.74. The van der Waals surface area contributed by atoms with Gasteiger partial charge in [0.05, 0.1) is 0 Å². The molecule has 1 aromatic rings. The number of nitrogens with one attached hydrogen (secondary N) is 1. The Morgan fingerprint density at radius 3 is 2.26 bits per heavy atom. The Labute approximate surface area is 118 Å². The lowest BCUT2D eigenvalue weighted by Crippen LogP contribution is -2.41. The van der Waals surface area contributed by atoms with E-state index in [0.717, 1.165) is 17.9 Å². The molecule has 0 aliphatic heterocycles. The van der Waals surface area contributed by atoms with Crippen LogP contribution >= 0.6 is 0 Å². The standard InChI is InChI=1S/C18H29N/c1-4-14(2)15(3)19-18-12-10-17(11-13-18)16-8-6-5-7-9-16/h5-9,14-15,17-19H,4,10-13H2,1-3H3. The molecule has 0 spiro atoms. The van der Waals surface area contributed by atoms with Gasteiger partial charge in [-0.2, -0.15) is 0 Å². The molecule has 0 bridgehead atoms. The van der Waals surface area contributed by atoms with Gasteiger partial charge in [0.15, 0.2) is 0 Å². The van der Waals surface area contributed by atoms with E-state index in [1.807, 2.05) is 0 Å². The molecule has 0 saturated heterocycles. The van der Waals surface area contributed by atoms with E-state index in [9.17, 15) is 0 Å². The Balaban J connectivity index is 1.80. The van der Waals surface area contributed by atoms with Crippen molar-refractivity contribution in [3.05, 3.63) is 35.9 Å². The molecule has 1 aliphatic carbocycles. The summed E-state index contributed by atoms with van der Waals surface area (Å²) in [7, 11) is 0. The second-order valence-electron chi connectivity index (χ2n) is 6.30. The Hall–Kier alpha value is -0.820. The third-order valence-corrected chi connectivity index (χ3v) is 4.99. The van der Waals surface area contributed by atoms with Crippen molar-refractivity contribution in [1.29, 1.82) is 0 Å². The Morgan fingerprint density at radius 2 is 1.68 bits per heavy atom. The Morgan fingerprint density at radius 1 is 1.05 bits per heavy atom. The van der Waals surface area contributed by atoms with Gasteiger partial charge in [-0.25, -0.2) is 0 Å². The van der Waals surface area contributed by atoms with Crippen LogP contribution in [-0.2, 0) is 0 Å². The first-order valence-corrected chi connectivity index (χ1v) is 8.01. The first-order chi connectivity index (χ1) is 9.20. The van der Waals surface area contributed by atoms with E-state index in [1.54, 1.807) is 0 Å². The summed E-state index contributed by atoms with van der Waals surface area (Å²) < 4.78 is 0. The third kappa shape index (κ3) is 4.07. The summed E-state index contributed by atoms with van der Waals surface area (Å²) in [4.78, 5) is 0. The molecule has 1 aromatic carbocycles. The van der Waals surface area contributed by atoms with Gasteiger partial charge >= 0.3 is 0 Å². The highest BCUT2D eigenvalue weighted by atomic mass is 14.9. The van der Waals surface area contributed by atoms with Crippen molar-refractivity contribution >= 4 is 0 Å². The Bertz CT molecular complexity index is 351. The lowest BCUT2D eigenvalue weighted by molar-refractivity contribution is 0.283. The number of hydrogen-bond donors (Lipinski definition) is 1. The minimum atomic E-state index is 0.656. The molecule has 1 saturated carbocycles. The van der Waals surface area contributed by atoms with Crippen LogP contribution in [0, 0.1) is 5.92 Å². The predicted molar refractivity (Wildman–Crippen MR) is 83.5 cm³/mol. The van der Waals surface area contributed by atoms with E-state index in [0.29, 0.717) is 6.04 Å². The van der Waals surface area contributed by atoms with E-state index in [1.165, 1.54) is 37.7 Å². The first-order valence-electron chi connectivity index (χ1n) is 8.01. The number of benzene rings is 1. The molecular weight excluding hydrogens is 230 g/mol. The molecule has 2 rings (SSSR count). The lowest BCUT2D eigenvalue weighted by atomic mass is 9.81. The van der Waals surface area contributed by atoms with Gasteiger partial charge in [-0.05, 0) is 50.0 Å². The van der Waals surface area contributed by atoms with Crippen LogP contribution in [0.2, 0.25) is 0 Å². The molecule has 0 aromatic heterocycles. The minimum absolute atomic E-state index is 0.656. The highest BCUT2D eigenvalue weighted by molar-refractivity contribution is 5.20. The zero-order chi connectivity index (χ0) is 13.7. The van der Waals surface area contributed by atoms with Gasteiger partial charge in [-0.15, -0.1) is 0 Å². The monoisotopic (exact) mass is 259 g/mol. The lowest BCUT2D eigenvalue weighted by Gasteiger charge is -2.33. The summed E-state index contributed by atoms with van der Waals surface area (Å²) in [6.45, 7) is 6.99. The largest absolute Gasteiger partial charge is 0.311 e. The molecule has 1 fully saturated rings. The van der Waals surface area contributed by atoms with E-state index in [2.05, 4.69) is 56.4 Å². The summed E-state index contributed by atoms with van der Waals surface area (Å²) in [5.41, 5.74) is 1.54. The minimum Gasteiger partial charge on any atom is -0.311 e. The van der Waals surface area contributed by atoms with Gasteiger partial charge in [0.1, 0.15) is 0 Å². The first kappa shape index (κ1) is 14.6. The molecular formula is C18H29N. The second-order valence-corrected chi connectivity index (χ2v) is 6.30. The molecule has 2 atom stereocenters. The van der Waals surface area contributed by atoms with Crippen molar-refractivity contribution in [3.8, 4) is 0 Å². The average molecular weight is 259 g/mol. The van der Waals surface area contributed by atoms with E-state index in [4.69, 9.17) is 0 Å². The van der Waals surface area contributed by atoms with Crippen molar-refractivity contribution < 1.29 is 0 Å². The molecule has 2 unspecified atom stereocenters. The molecule has 0 heterocycles. The van der Waals surface area contributed by atoms with Crippen LogP contribution in [0.15, 0.2) is 30.3 Å². The van der Waals surface area contributed by atoms with Gasteiger partial charge in [-0.1, -0.05) is 50.6 Å². The normalized spacial score (nSPS) is 26.9. The fraction of sp³-hybridized carbons (Fsp3) is 0.667. The van der Waals surface area contributed by atoms with Gasteiger partial charge < -0.3 is 5.32 Å².